The van der Waals surface area contributed by atoms with Gasteiger partial charge in [-0.15, -0.1) is 11.3 Å². The van der Waals surface area contributed by atoms with Crippen LogP contribution in [0.4, 0.5) is 5.00 Å². The smallest absolute Gasteiger partial charge is 0.341 e. The third-order valence-corrected chi connectivity index (χ3v) is 6.82. The summed E-state index contributed by atoms with van der Waals surface area (Å²) in [6.07, 6.45) is 5.48. The second-order valence-electron chi connectivity index (χ2n) is 7.60. The van der Waals surface area contributed by atoms with Crippen LogP contribution in [0.3, 0.4) is 0 Å². The summed E-state index contributed by atoms with van der Waals surface area (Å²) in [5.74, 6) is -2.27. The van der Waals surface area contributed by atoms with Crippen LogP contribution in [0.5, 0.6) is 0 Å². The molecule has 0 spiro atoms. The Balaban J connectivity index is 1.88. The number of carbonyl (C=O) groups excluding carboxylic acids is 2. The standard InChI is InChI=1S/C20H27NO5S/c1-3-26-20(25)16-14-9-8-11(2)10-15(14)27-18(16)21-17(22)12-6-4-5-7-13(12)19(23)24/h11-13H,3-10H2,1-2H3,(H,21,22)(H,23,24)/t11-,12-,13-/m1/s1. The van der Waals surface area contributed by atoms with Gasteiger partial charge in [-0.25, -0.2) is 4.79 Å². The van der Waals surface area contributed by atoms with Crippen molar-refractivity contribution in [2.45, 2.75) is 58.8 Å². The van der Waals surface area contributed by atoms with Crippen LogP contribution in [0, 0.1) is 17.8 Å². The SMILES string of the molecule is CCOC(=O)c1c(NC(=O)[C@@H]2CCCC[C@H]2C(=O)O)sc2c1CC[C@@H](C)C2. The summed E-state index contributed by atoms with van der Waals surface area (Å²) in [5, 5.41) is 12.9. The van der Waals surface area contributed by atoms with E-state index in [0.717, 1.165) is 42.5 Å². The van der Waals surface area contributed by atoms with Crippen molar-refractivity contribution < 1.29 is 24.2 Å². The van der Waals surface area contributed by atoms with E-state index in [-0.39, 0.29) is 12.5 Å². The predicted molar refractivity (Wildman–Crippen MR) is 103 cm³/mol. The van der Waals surface area contributed by atoms with Crippen molar-refractivity contribution in [3.8, 4) is 0 Å². The predicted octanol–water partition coefficient (Wildman–Crippen LogP) is 3.88. The molecule has 0 aliphatic heterocycles. The van der Waals surface area contributed by atoms with Gasteiger partial charge in [0.05, 0.1) is 24.0 Å². The second kappa shape index (κ2) is 8.42. The average molecular weight is 394 g/mol. The molecule has 2 aliphatic rings. The maximum atomic E-state index is 12.9. The molecule has 3 rings (SSSR count). The number of rotatable bonds is 5. The molecule has 7 heteroatoms. The van der Waals surface area contributed by atoms with E-state index in [1.807, 2.05) is 0 Å². The van der Waals surface area contributed by atoms with Gasteiger partial charge in [0.2, 0.25) is 5.91 Å². The molecular weight excluding hydrogens is 366 g/mol. The molecule has 1 fully saturated rings. The van der Waals surface area contributed by atoms with E-state index in [2.05, 4.69) is 12.2 Å². The molecule has 27 heavy (non-hydrogen) atoms. The quantitative estimate of drug-likeness (QED) is 0.741. The number of hydrogen-bond acceptors (Lipinski definition) is 5. The maximum absolute atomic E-state index is 12.9. The first-order valence-electron chi connectivity index (χ1n) is 9.77. The Hall–Kier alpha value is -1.89. The molecule has 0 bridgehead atoms. The van der Waals surface area contributed by atoms with Gasteiger partial charge >= 0.3 is 11.9 Å². The lowest BCUT2D eigenvalue weighted by Crippen LogP contribution is -2.36. The van der Waals surface area contributed by atoms with Gasteiger partial charge in [0.25, 0.3) is 0 Å². The summed E-state index contributed by atoms with van der Waals surface area (Å²) in [6.45, 7) is 4.22. The normalized spacial score (nSPS) is 24.7. The van der Waals surface area contributed by atoms with Gasteiger partial charge in [-0.1, -0.05) is 19.8 Å². The van der Waals surface area contributed by atoms with Crippen molar-refractivity contribution in [1.29, 1.82) is 0 Å². The first kappa shape index (κ1) is 19.9. The van der Waals surface area contributed by atoms with Crippen LogP contribution in [-0.2, 0) is 27.2 Å². The largest absolute Gasteiger partial charge is 0.481 e. The van der Waals surface area contributed by atoms with Gasteiger partial charge in [0.1, 0.15) is 5.00 Å². The van der Waals surface area contributed by atoms with Gasteiger partial charge in [-0.05, 0) is 50.5 Å². The second-order valence-corrected chi connectivity index (χ2v) is 8.71. The Labute approximate surface area is 163 Å². The Morgan fingerprint density at radius 1 is 1.19 bits per heavy atom. The Bertz CT molecular complexity index is 741. The van der Waals surface area contributed by atoms with Crippen molar-refractivity contribution in [2.75, 3.05) is 11.9 Å². The fraction of sp³-hybridized carbons (Fsp3) is 0.650. The number of aliphatic carboxylic acids is 1. The van der Waals surface area contributed by atoms with E-state index in [1.54, 1.807) is 6.92 Å². The third kappa shape index (κ3) is 4.18. The first-order valence-corrected chi connectivity index (χ1v) is 10.6. The summed E-state index contributed by atoms with van der Waals surface area (Å²) in [4.78, 5) is 38.1. The van der Waals surface area contributed by atoms with E-state index < -0.39 is 23.8 Å². The maximum Gasteiger partial charge on any atom is 0.341 e. The van der Waals surface area contributed by atoms with Crippen LogP contribution < -0.4 is 5.32 Å². The number of nitrogens with one attached hydrogen (secondary N) is 1. The minimum absolute atomic E-state index is 0.275. The van der Waals surface area contributed by atoms with Gasteiger partial charge in [0.15, 0.2) is 0 Å². The van der Waals surface area contributed by atoms with Gasteiger partial charge < -0.3 is 15.2 Å². The van der Waals surface area contributed by atoms with Crippen LogP contribution in [0.25, 0.3) is 0 Å². The van der Waals surface area contributed by atoms with Crippen molar-refractivity contribution >= 4 is 34.2 Å². The molecule has 3 atom stereocenters. The number of ether oxygens (including phenoxy) is 1. The molecule has 1 aromatic heterocycles. The van der Waals surface area contributed by atoms with Crippen LogP contribution >= 0.6 is 11.3 Å². The Morgan fingerprint density at radius 2 is 1.89 bits per heavy atom. The lowest BCUT2D eigenvalue weighted by atomic mass is 9.78. The molecule has 0 radical (unpaired) electrons. The summed E-state index contributed by atoms with van der Waals surface area (Å²) < 4.78 is 5.23. The fourth-order valence-electron chi connectivity index (χ4n) is 4.20. The zero-order valence-electron chi connectivity index (χ0n) is 15.9. The highest BCUT2D eigenvalue weighted by Crippen LogP contribution is 2.41. The number of carboxylic acid groups (broad SMARTS) is 1. The minimum atomic E-state index is -0.917. The van der Waals surface area contributed by atoms with Gasteiger partial charge in [0, 0.05) is 4.88 Å². The summed E-state index contributed by atoms with van der Waals surface area (Å²) in [7, 11) is 0. The van der Waals surface area contributed by atoms with Crippen LogP contribution in [0.15, 0.2) is 0 Å². The van der Waals surface area contributed by atoms with E-state index in [0.29, 0.717) is 29.3 Å². The molecule has 2 N–H and O–H groups in total. The number of hydrogen-bond donors (Lipinski definition) is 2. The highest BCUT2D eigenvalue weighted by atomic mass is 32.1. The van der Waals surface area contributed by atoms with Crippen molar-refractivity contribution in [1.82, 2.24) is 0 Å². The molecule has 0 unspecified atom stereocenters. The molecular formula is C20H27NO5S. The summed E-state index contributed by atoms with van der Waals surface area (Å²) in [5.41, 5.74) is 1.46. The lowest BCUT2D eigenvalue weighted by molar-refractivity contribution is -0.147. The minimum Gasteiger partial charge on any atom is -0.481 e. The fourth-order valence-corrected chi connectivity index (χ4v) is 5.60. The number of fused-ring (bicyclic) bond motifs is 1. The van der Waals surface area contributed by atoms with Crippen LogP contribution in [0.2, 0.25) is 0 Å². The first-order chi connectivity index (χ1) is 12.9. The molecule has 0 aromatic carbocycles. The highest BCUT2D eigenvalue weighted by Gasteiger charge is 2.37. The van der Waals surface area contributed by atoms with E-state index in [4.69, 9.17) is 4.74 Å². The molecule has 2 aliphatic carbocycles. The molecule has 1 saturated carbocycles. The summed E-state index contributed by atoms with van der Waals surface area (Å²) >= 11 is 1.44. The molecule has 0 saturated heterocycles. The highest BCUT2D eigenvalue weighted by molar-refractivity contribution is 7.17. The molecule has 6 nitrogen and oxygen atoms in total. The van der Waals surface area contributed by atoms with E-state index in [9.17, 15) is 19.5 Å². The van der Waals surface area contributed by atoms with E-state index in [1.165, 1.54) is 11.3 Å². The Morgan fingerprint density at radius 3 is 2.56 bits per heavy atom. The van der Waals surface area contributed by atoms with Crippen LogP contribution in [0.1, 0.15) is 66.8 Å². The van der Waals surface area contributed by atoms with E-state index >= 15 is 0 Å². The molecule has 1 aromatic rings. The third-order valence-electron chi connectivity index (χ3n) is 5.65. The Kier molecular flexibility index (Phi) is 6.19. The summed E-state index contributed by atoms with van der Waals surface area (Å²) in [6, 6.07) is 0. The van der Waals surface area contributed by atoms with Crippen molar-refractivity contribution in [2.24, 2.45) is 17.8 Å². The number of esters is 1. The zero-order chi connectivity index (χ0) is 19.6. The number of anilines is 1. The van der Waals surface area contributed by atoms with Crippen molar-refractivity contribution in [3.63, 3.8) is 0 Å². The van der Waals surface area contributed by atoms with Gasteiger partial charge in [-0.3, -0.25) is 9.59 Å². The average Bonchev–Trinajstić information content (AvgIpc) is 2.98. The van der Waals surface area contributed by atoms with Crippen LogP contribution in [-0.4, -0.2) is 29.6 Å². The number of thiophene rings is 1. The lowest BCUT2D eigenvalue weighted by Gasteiger charge is -2.27. The number of amides is 1. The number of carbonyl (C=O) groups is 3. The topological polar surface area (TPSA) is 92.7 Å². The monoisotopic (exact) mass is 393 g/mol. The molecule has 1 heterocycles. The zero-order valence-corrected chi connectivity index (χ0v) is 16.7. The molecule has 148 valence electrons. The van der Waals surface area contributed by atoms with Gasteiger partial charge in [-0.2, -0.15) is 0 Å². The number of carboxylic acids is 1. The molecule has 1 amide bonds. The van der Waals surface area contributed by atoms with Crippen molar-refractivity contribution in [3.05, 3.63) is 16.0 Å².